The molecule has 5 heteroatoms. The molecule has 1 N–H and O–H groups in total. The number of alkyl halides is 1. The molecule has 0 aromatic carbocycles. The molecule has 0 aromatic heterocycles. The first-order valence-electron chi connectivity index (χ1n) is 4.75. The summed E-state index contributed by atoms with van der Waals surface area (Å²) in [5.74, 6) is 0.405. The molecule has 2 heterocycles. The Hall–Kier alpha value is 0.520. The average molecular weight is 239 g/mol. The zero-order valence-electron chi connectivity index (χ0n) is 8.27. The van der Waals surface area contributed by atoms with Gasteiger partial charge in [0.2, 0.25) is 0 Å². The van der Waals surface area contributed by atoms with Gasteiger partial charge in [0.05, 0.1) is 23.3 Å². The Balaban J connectivity index is 2.04. The molecule has 0 saturated carbocycles. The Kier molecular flexibility index (Phi) is 3.02. The summed E-state index contributed by atoms with van der Waals surface area (Å²) in [4.78, 5) is 0. The SMILES string of the molecule is CC1(C)OC2CS[C@@H](C(Cl)CO)[C@H]2O1. The van der Waals surface area contributed by atoms with Crippen molar-refractivity contribution in [1.82, 2.24) is 0 Å². The molecule has 4 atom stereocenters. The van der Waals surface area contributed by atoms with Crippen LogP contribution in [0.15, 0.2) is 0 Å². The third-order valence-corrected chi connectivity index (χ3v) is 4.59. The standard InChI is InChI=1S/C9H15ClO3S/c1-9(2)12-6-4-14-8(5(10)3-11)7(6)13-9/h5-8,11H,3-4H2,1-2H3/t5?,6?,7-,8-/m0/s1. The van der Waals surface area contributed by atoms with Crippen LogP contribution in [0.4, 0.5) is 0 Å². The van der Waals surface area contributed by atoms with E-state index < -0.39 is 5.79 Å². The van der Waals surface area contributed by atoms with Crippen molar-refractivity contribution in [2.24, 2.45) is 0 Å². The van der Waals surface area contributed by atoms with Crippen LogP contribution in [0.1, 0.15) is 13.8 Å². The van der Waals surface area contributed by atoms with Gasteiger partial charge in [0.15, 0.2) is 5.79 Å². The first-order chi connectivity index (χ1) is 6.53. The number of thioether (sulfide) groups is 1. The third kappa shape index (κ3) is 1.91. The van der Waals surface area contributed by atoms with E-state index >= 15 is 0 Å². The molecule has 14 heavy (non-hydrogen) atoms. The minimum atomic E-state index is -0.499. The fourth-order valence-corrected chi connectivity index (χ4v) is 3.73. The molecule has 2 aliphatic heterocycles. The topological polar surface area (TPSA) is 38.7 Å². The fraction of sp³-hybridized carbons (Fsp3) is 1.00. The van der Waals surface area contributed by atoms with Gasteiger partial charge in [-0.15, -0.1) is 11.6 Å². The smallest absolute Gasteiger partial charge is 0.163 e. The Morgan fingerprint density at radius 1 is 1.57 bits per heavy atom. The third-order valence-electron chi connectivity index (χ3n) is 2.53. The van der Waals surface area contributed by atoms with E-state index in [0.717, 1.165) is 5.75 Å². The number of hydrogen-bond acceptors (Lipinski definition) is 4. The molecule has 2 unspecified atom stereocenters. The van der Waals surface area contributed by atoms with Gasteiger partial charge in [-0.2, -0.15) is 11.8 Å². The molecule has 0 amide bonds. The summed E-state index contributed by atoms with van der Waals surface area (Å²) in [6, 6.07) is 0. The molecular weight excluding hydrogens is 224 g/mol. The van der Waals surface area contributed by atoms with Crippen LogP contribution in [0, 0.1) is 0 Å². The van der Waals surface area contributed by atoms with Crippen molar-refractivity contribution >= 4 is 23.4 Å². The predicted molar refractivity (Wildman–Crippen MR) is 56.8 cm³/mol. The summed E-state index contributed by atoms with van der Waals surface area (Å²) in [5, 5.41) is 8.91. The second-order valence-electron chi connectivity index (χ2n) is 4.14. The first kappa shape index (κ1) is 11.0. The van der Waals surface area contributed by atoms with Gasteiger partial charge in [0.25, 0.3) is 0 Å². The van der Waals surface area contributed by atoms with E-state index in [9.17, 15) is 0 Å². The van der Waals surface area contributed by atoms with Gasteiger partial charge in [0.1, 0.15) is 6.10 Å². The van der Waals surface area contributed by atoms with Crippen LogP contribution in [0.2, 0.25) is 0 Å². The van der Waals surface area contributed by atoms with Crippen molar-refractivity contribution in [1.29, 1.82) is 0 Å². The molecule has 0 aromatic rings. The molecule has 2 saturated heterocycles. The van der Waals surface area contributed by atoms with E-state index in [-0.39, 0.29) is 29.4 Å². The van der Waals surface area contributed by atoms with E-state index in [1.54, 1.807) is 11.8 Å². The number of aliphatic hydroxyl groups is 1. The van der Waals surface area contributed by atoms with Gasteiger partial charge < -0.3 is 14.6 Å². The van der Waals surface area contributed by atoms with Crippen LogP contribution >= 0.6 is 23.4 Å². The number of hydrogen-bond donors (Lipinski definition) is 1. The van der Waals surface area contributed by atoms with Crippen LogP contribution in [0.3, 0.4) is 0 Å². The van der Waals surface area contributed by atoms with Crippen molar-refractivity contribution in [3.05, 3.63) is 0 Å². The predicted octanol–water partition coefficient (Wildman–Crippen LogP) is 1.22. The van der Waals surface area contributed by atoms with Crippen LogP contribution in [0.25, 0.3) is 0 Å². The highest BCUT2D eigenvalue weighted by Crippen LogP contribution is 2.43. The van der Waals surface area contributed by atoms with Crippen LogP contribution in [-0.2, 0) is 9.47 Å². The molecule has 0 bridgehead atoms. The van der Waals surface area contributed by atoms with E-state index in [2.05, 4.69) is 0 Å². The quantitative estimate of drug-likeness (QED) is 0.735. The molecule has 2 rings (SSSR count). The highest BCUT2D eigenvalue weighted by atomic mass is 35.5. The minimum absolute atomic E-state index is 0.00771. The molecule has 2 fully saturated rings. The molecule has 0 aliphatic carbocycles. The number of halogens is 1. The molecule has 0 radical (unpaired) electrons. The van der Waals surface area contributed by atoms with E-state index in [0.29, 0.717) is 0 Å². The Bertz CT molecular complexity index is 224. The van der Waals surface area contributed by atoms with Gasteiger partial charge in [-0.3, -0.25) is 0 Å². The highest BCUT2D eigenvalue weighted by Gasteiger charge is 2.51. The zero-order chi connectivity index (χ0) is 10.3. The van der Waals surface area contributed by atoms with E-state index in [4.69, 9.17) is 26.2 Å². The van der Waals surface area contributed by atoms with Crippen molar-refractivity contribution < 1.29 is 14.6 Å². The van der Waals surface area contributed by atoms with Gasteiger partial charge in [-0.1, -0.05) is 0 Å². The summed E-state index contributed by atoms with van der Waals surface area (Å²) in [5.41, 5.74) is 0. The van der Waals surface area contributed by atoms with Gasteiger partial charge in [-0.05, 0) is 13.8 Å². The summed E-state index contributed by atoms with van der Waals surface area (Å²) in [7, 11) is 0. The monoisotopic (exact) mass is 238 g/mol. The highest BCUT2D eigenvalue weighted by molar-refractivity contribution is 8.00. The second kappa shape index (κ2) is 3.83. The second-order valence-corrected chi connectivity index (χ2v) is 5.91. The zero-order valence-corrected chi connectivity index (χ0v) is 9.85. The average Bonchev–Trinajstić information content (AvgIpc) is 2.58. The number of aliphatic hydroxyl groups excluding tert-OH is 1. The van der Waals surface area contributed by atoms with Crippen molar-refractivity contribution in [2.45, 2.75) is 42.5 Å². The number of ether oxygens (including phenoxy) is 2. The summed E-state index contributed by atoms with van der Waals surface area (Å²) in [6.07, 6.45) is 0.164. The van der Waals surface area contributed by atoms with Gasteiger partial charge in [-0.25, -0.2) is 0 Å². The molecule has 3 nitrogen and oxygen atoms in total. The lowest BCUT2D eigenvalue weighted by Gasteiger charge is -2.23. The Labute approximate surface area is 93.1 Å². The Morgan fingerprint density at radius 2 is 2.29 bits per heavy atom. The lowest BCUT2D eigenvalue weighted by atomic mass is 10.1. The van der Waals surface area contributed by atoms with Crippen molar-refractivity contribution in [3.8, 4) is 0 Å². The first-order valence-corrected chi connectivity index (χ1v) is 6.24. The van der Waals surface area contributed by atoms with Crippen LogP contribution < -0.4 is 0 Å². The van der Waals surface area contributed by atoms with Crippen LogP contribution in [-0.4, -0.2) is 46.1 Å². The van der Waals surface area contributed by atoms with Gasteiger partial charge in [0, 0.05) is 5.75 Å². The van der Waals surface area contributed by atoms with E-state index in [1.165, 1.54) is 0 Å². The number of rotatable bonds is 2. The summed E-state index contributed by atoms with van der Waals surface area (Å²) in [6.45, 7) is 3.82. The molecule has 82 valence electrons. The Morgan fingerprint density at radius 3 is 2.93 bits per heavy atom. The normalized spacial score (nSPS) is 42.4. The molecule has 0 spiro atoms. The summed E-state index contributed by atoms with van der Waals surface area (Å²) >= 11 is 7.75. The maximum absolute atomic E-state index is 9.00. The molecular formula is C9H15ClO3S. The van der Waals surface area contributed by atoms with Crippen molar-refractivity contribution in [3.63, 3.8) is 0 Å². The van der Waals surface area contributed by atoms with Gasteiger partial charge >= 0.3 is 0 Å². The lowest BCUT2D eigenvalue weighted by Crippen LogP contribution is -2.35. The molecule has 2 aliphatic rings. The van der Waals surface area contributed by atoms with Crippen molar-refractivity contribution in [2.75, 3.05) is 12.4 Å². The number of fused-ring (bicyclic) bond motifs is 1. The van der Waals surface area contributed by atoms with Crippen LogP contribution in [0.5, 0.6) is 0 Å². The fourth-order valence-electron chi connectivity index (χ4n) is 1.99. The lowest BCUT2D eigenvalue weighted by molar-refractivity contribution is -0.145. The van der Waals surface area contributed by atoms with E-state index in [1.807, 2.05) is 13.8 Å². The minimum Gasteiger partial charge on any atom is -0.395 e. The maximum Gasteiger partial charge on any atom is 0.163 e. The maximum atomic E-state index is 9.00. The summed E-state index contributed by atoms with van der Waals surface area (Å²) < 4.78 is 11.5. The largest absolute Gasteiger partial charge is 0.395 e.